The van der Waals surface area contributed by atoms with E-state index in [9.17, 15) is 18.0 Å². The first-order valence-corrected chi connectivity index (χ1v) is 18.2. The van der Waals surface area contributed by atoms with Gasteiger partial charge in [-0.25, -0.2) is 8.42 Å². The van der Waals surface area contributed by atoms with Gasteiger partial charge in [0, 0.05) is 29.1 Å². The number of carbonyl (C=O) groups excluding carboxylic acids is 2. The zero-order chi connectivity index (χ0) is 34.1. The molecule has 1 atom stereocenters. The molecule has 48 heavy (non-hydrogen) atoms. The van der Waals surface area contributed by atoms with Crippen LogP contribution in [0.3, 0.4) is 0 Å². The molecular weight excluding hydrogens is 669 g/mol. The van der Waals surface area contributed by atoms with Crippen LogP contribution in [0.2, 0.25) is 10.0 Å². The predicted octanol–water partition coefficient (Wildman–Crippen LogP) is 7.29. The fraction of sp³-hybridized carbons (Fsp3) is 0.297. The third kappa shape index (κ3) is 8.89. The number of carbonyl (C=O) groups is 2. The summed E-state index contributed by atoms with van der Waals surface area (Å²) < 4.78 is 35.1. The van der Waals surface area contributed by atoms with Crippen molar-refractivity contribution in [1.82, 2.24) is 10.2 Å². The van der Waals surface area contributed by atoms with Crippen LogP contribution >= 0.6 is 23.2 Å². The highest BCUT2D eigenvalue weighted by atomic mass is 35.5. The first kappa shape index (κ1) is 35.3. The van der Waals surface area contributed by atoms with Crippen molar-refractivity contribution < 1.29 is 22.7 Å². The number of sulfonamides is 1. The van der Waals surface area contributed by atoms with Crippen LogP contribution < -0.4 is 14.4 Å². The summed E-state index contributed by atoms with van der Waals surface area (Å²) in [5, 5.41) is 3.93. The lowest BCUT2D eigenvalue weighted by Gasteiger charge is -2.34. The molecule has 1 aliphatic rings. The Morgan fingerprint density at radius 2 is 1.54 bits per heavy atom. The number of amides is 2. The van der Waals surface area contributed by atoms with Crippen LogP contribution in [0.4, 0.5) is 5.69 Å². The highest BCUT2D eigenvalue weighted by Crippen LogP contribution is 2.28. The first-order chi connectivity index (χ1) is 23.2. The quantitative estimate of drug-likeness (QED) is 0.149. The molecule has 0 heterocycles. The number of halogens is 2. The number of benzene rings is 4. The number of para-hydroxylation sites is 1. The van der Waals surface area contributed by atoms with Crippen molar-refractivity contribution >= 4 is 50.7 Å². The van der Waals surface area contributed by atoms with Crippen molar-refractivity contribution in [1.29, 1.82) is 0 Å². The second-order valence-corrected chi connectivity index (χ2v) is 14.4. The molecule has 4 aromatic rings. The Morgan fingerprint density at radius 1 is 0.896 bits per heavy atom. The topological polar surface area (TPSA) is 96.0 Å². The standard InChI is InChI=1S/C37H39Cl2N3O5S/c1-2-47-32-19-21-33(22-20-32)48(45,46)42(31-15-7-4-8-16-31)26-36(43)41(25-28-17-18-29(38)24-34(28)39)35(23-27-11-5-3-6-12-27)37(44)40-30-13-9-10-14-30/h3-8,11-12,15-22,24,30,35H,2,9-10,13-14,23,25-26H2,1H3,(H,40,44). The maximum Gasteiger partial charge on any atom is 0.264 e. The van der Waals surface area contributed by atoms with Gasteiger partial charge in [0.15, 0.2) is 0 Å². The molecule has 1 unspecified atom stereocenters. The van der Waals surface area contributed by atoms with Gasteiger partial charge in [0.25, 0.3) is 10.0 Å². The minimum absolute atomic E-state index is 0.00489. The van der Waals surface area contributed by atoms with E-state index in [0.717, 1.165) is 35.6 Å². The average molecular weight is 709 g/mol. The molecule has 2 amide bonds. The van der Waals surface area contributed by atoms with E-state index in [2.05, 4.69) is 5.32 Å². The highest BCUT2D eigenvalue weighted by Gasteiger charge is 2.36. The van der Waals surface area contributed by atoms with Gasteiger partial charge in [0.2, 0.25) is 11.8 Å². The molecule has 11 heteroatoms. The van der Waals surface area contributed by atoms with Crippen LogP contribution in [0.25, 0.3) is 0 Å². The Hall–Kier alpha value is -4.05. The van der Waals surface area contributed by atoms with E-state index in [1.54, 1.807) is 60.7 Å². The lowest BCUT2D eigenvalue weighted by Crippen LogP contribution is -2.54. The number of nitrogens with one attached hydrogen (secondary N) is 1. The molecule has 5 rings (SSSR count). The van der Waals surface area contributed by atoms with E-state index >= 15 is 0 Å². The molecule has 0 saturated heterocycles. The van der Waals surface area contributed by atoms with E-state index in [4.69, 9.17) is 27.9 Å². The maximum atomic E-state index is 14.7. The van der Waals surface area contributed by atoms with Gasteiger partial charge in [-0.2, -0.15) is 0 Å². The van der Waals surface area contributed by atoms with Crippen molar-refractivity contribution in [3.8, 4) is 5.75 Å². The first-order valence-electron chi connectivity index (χ1n) is 16.0. The summed E-state index contributed by atoms with van der Waals surface area (Å²) in [6, 6.07) is 28.0. The largest absolute Gasteiger partial charge is 0.494 e. The molecule has 1 N–H and O–H groups in total. The molecular formula is C37H39Cl2N3O5S. The Morgan fingerprint density at radius 3 is 2.17 bits per heavy atom. The van der Waals surface area contributed by atoms with Crippen LogP contribution in [0.5, 0.6) is 5.75 Å². The third-order valence-electron chi connectivity index (χ3n) is 8.37. The minimum atomic E-state index is -4.24. The molecule has 1 aliphatic carbocycles. The average Bonchev–Trinajstić information content (AvgIpc) is 3.60. The summed E-state index contributed by atoms with van der Waals surface area (Å²) >= 11 is 12.8. The summed E-state index contributed by atoms with van der Waals surface area (Å²) in [6.45, 7) is 1.67. The zero-order valence-electron chi connectivity index (χ0n) is 26.7. The summed E-state index contributed by atoms with van der Waals surface area (Å²) in [5.41, 5.74) is 1.73. The molecule has 0 aromatic heterocycles. The summed E-state index contributed by atoms with van der Waals surface area (Å²) in [6.07, 6.45) is 3.98. The van der Waals surface area contributed by atoms with Gasteiger partial charge in [-0.05, 0) is 79.4 Å². The number of nitrogens with zero attached hydrogens (tertiary/aromatic N) is 2. The van der Waals surface area contributed by atoms with Crippen LogP contribution in [-0.2, 0) is 32.6 Å². The molecule has 252 valence electrons. The lowest BCUT2D eigenvalue weighted by molar-refractivity contribution is -0.140. The third-order valence-corrected chi connectivity index (χ3v) is 10.7. The fourth-order valence-electron chi connectivity index (χ4n) is 5.88. The summed E-state index contributed by atoms with van der Waals surface area (Å²) in [4.78, 5) is 30.2. The number of ether oxygens (including phenoxy) is 1. The van der Waals surface area contributed by atoms with Gasteiger partial charge in [-0.1, -0.05) is 90.6 Å². The van der Waals surface area contributed by atoms with Crippen molar-refractivity contribution in [3.05, 3.63) is 124 Å². The van der Waals surface area contributed by atoms with E-state index in [1.165, 1.54) is 17.0 Å². The van der Waals surface area contributed by atoms with Gasteiger partial charge in [-0.3, -0.25) is 13.9 Å². The predicted molar refractivity (Wildman–Crippen MR) is 190 cm³/mol. The Kier molecular flexibility index (Phi) is 12.0. The van der Waals surface area contributed by atoms with E-state index in [1.807, 2.05) is 37.3 Å². The molecule has 4 aromatic carbocycles. The fourth-order valence-corrected chi connectivity index (χ4v) is 7.76. The second kappa shape index (κ2) is 16.4. The van der Waals surface area contributed by atoms with Gasteiger partial charge in [0.05, 0.1) is 17.2 Å². The van der Waals surface area contributed by atoms with E-state index in [0.29, 0.717) is 33.7 Å². The lowest BCUT2D eigenvalue weighted by atomic mass is 10.0. The monoisotopic (exact) mass is 707 g/mol. The van der Waals surface area contributed by atoms with Gasteiger partial charge >= 0.3 is 0 Å². The molecule has 1 fully saturated rings. The SMILES string of the molecule is CCOc1ccc(S(=O)(=O)N(CC(=O)N(Cc2ccc(Cl)cc2Cl)C(Cc2ccccc2)C(=O)NC2CCCC2)c2ccccc2)cc1. The number of anilines is 1. The number of hydrogen-bond acceptors (Lipinski definition) is 5. The molecule has 0 aliphatic heterocycles. The Balaban J connectivity index is 1.56. The summed E-state index contributed by atoms with van der Waals surface area (Å²) in [5.74, 6) is -0.339. The molecule has 1 saturated carbocycles. The maximum absolute atomic E-state index is 14.7. The van der Waals surface area contributed by atoms with Crippen LogP contribution in [0.1, 0.15) is 43.7 Å². The second-order valence-electron chi connectivity index (χ2n) is 11.7. The van der Waals surface area contributed by atoms with Crippen LogP contribution in [0.15, 0.2) is 108 Å². The normalized spacial score (nSPS) is 13.9. The number of rotatable bonds is 14. The Bertz CT molecular complexity index is 1790. The van der Waals surface area contributed by atoms with E-state index in [-0.39, 0.29) is 29.8 Å². The molecule has 0 spiro atoms. The van der Waals surface area contributed by atoms with Crippen molar-refractivity contribution in [2.45, 2.75) is 62.6 Å². The van der Waals surface area contributed by atoms with Crippen LogP contribution in [-0.4, -0.2) is 50.4 Å². The van der Waals surface area contributed by atoms with Gasteiger partial charge in [-0.15, -0.1) is 0 Å². The van der Waals surface area contributed by atoms with Crippen molar-refractivity contribution in [2.24, 2.45) is 0 Å². The molecule has 8 nitrogen and oxygen atoms in total. The zero-order valence-corrected chi connectivity index (χ0v) is 29.1. The van der Waals surface area contributed by atoms with Crippen molar-refractivity contribution in [2.75, 3.05) is 17.5 Å². The van der Waals surface area contributed by atoms with Gasteiger partial charge in [0.1, 0.15) is 18.3 Å². The number of hydrogen-bond donors (Lipinski definition) is 1. The van der Waals surface area contributed by atoms with E-state index < -0.39 is 28.5 Å². The molecule has 0 radical (unpaired) electrons. The highest BCUT2D eigenvalue weighted by molar-refractivity contribution is 7.92. The smallest absolute Gasteiger partial charge is 0.264 e. The van der Waals surface area contributed by atoms with Gasteiger partial charge < -0.3 is 15.0 Å². The Labute approximate surface area is 292 Å². The minimum Gasteiger partial charge on any atom is -0.494 e. The van der Waals surface area contributed by atoms with Crippen LogP contribution in [0, 0.1) is 0 Å². The summed E-state index contributed by atoms with van der Waals surface area (Å²) in [7, 11) is -4.24. The van der Waals surface area contributed by atoms with Crippen molar-refractivity contribution in [3.63, 3.8) is 0 Å². The molecule has 0 bridgehead atoms.